The summed E-state index contributed by atoms with van der Waals surface area (Å²) < 4.78 is 1.84. The highest BCUT2D eigenvalue weighted by molar-refractivity contribution is 6.15. The molecule has 0 saturated carbocycles. The summed E-state index contributed by atoms with van der Waals surface area (Å²) in [6.45, 7) is 1.21. The van der Waals surface area contributed by atoms with Gasteiger partial charge in [-0.05, 0) is 31.1 Å². The van der Waals surface area contributed by atoms with Crippen LogP contribution in [-0.4, -0.2) is 51.8 Å². The SMILES string of the molecule is Cn1cccc1C=C1NC(=O)N(CC(=O)N2CCCC2)C1=O. The highest BCUT2D eigenvalue weighted by Gasteiger charge is 2.36. The van der Waals surface area contributed by atoms with Crippen LogP contribution in [0.25, 0.3) is 6.08 Å². The number of aromatic nitrogens is 1. The molecule has 1 N–H and O–H groups in total. The van der Waals surface area contributed by atoms with E-state index in [0.29, 0.717) is 13.1 Å². The van der Waals surface area contributed by atoms with E-state index >= 15 is 0 Å². The number of hydrogen-bond donors (Lipinski definition) is 1. The highest BCUT2D eigenvalue weighted by Crippen LogP contribution is 2.15. The van der Waals surface area contributed by atoms with E-state index in [0.717, 1.165) is 23.4 Å². The normalized spacial score (nSPS) is 20.1. The van der Waals surface area contributed by atoms with Crippen LogP contribution >= 0.6 is 0 Å². The van der Waals surface area contributed by atoms with Gasteiger partial charge in [0, 0.05) is 32.0 Å². The molecule has 0 aliphatic carbocycles. The van der Waals surface area contributed by atoms with Crippen molar-refractivity contribution in [1.29, 1.82) is 0 Å². The summed E-state index contributed by atoms with van der Waals surface area (Å²) in [5.74, 6) is -0.639. The summed E-state index contributed by atoms with van der Waals surface area (Å²) in [5, 5.41) is 2.53. The molecule has 2 saturated heterocycles. The van der Waals surface area contributed by atoms with E-state index in [4.69, 9.17) is 0 Å². The molecule has 0 spiro atoms. The fraction of sp³-hybridized carbons (Fsp3) is 0.400. The maximum atomic E-state index is 12.3. The number of nitrogens with zero attached hydrogens (tertiary/aromatic N) is 3. The molecule has 4 amide bonds. The Kier molecular flexibility index (Phi) is 3.70. The number of urea groups is 1. The molecule has 2 fully saturated rings. The molecule has 116 valence electrons. The zero-order chi connectivity index (χ0) is 15.7. The van der Waals surface area contributed by atoms with Crippen molar-refractivity contribution in [2.24, 2.45) is 7.05 Å². The minimum absolute atomic E-state index is 0.180. The van der Waals surface area contributed by atoms with Crippen LogP contribution in [0, 0.1) is 0 Å². The van der Waals surface area contributed by atoms with E-state index in [1.54, 1.807) is 11.0 Å². The van der Waals surface area contributed by atoms with Gasteiger partial charge in [-0.3, -0.25) is 9.59 Å². The average Bonchev–Trinajstić information content (AvgIpc) is 3.19. The zero-order valence-corrected chi connectivity index (χ0v) is 12.4. The summed E-state index contributed by atoms with van der Waals surface area (Å²) in [6, 6.07) is 3.14. The van der Waals surface area contributed by atoms with Crippen LogP contribution in [0.5, 0.6) is 0 Å². The third kappa shape index (κ3) is 2.61. The minimum atomic E-state index is -0.544. The molecule has 3 heterocycles. The first-order chi connectivity index (χ1) is 10.6. The number of likely N-dealkylation sites (tertiary alicyclic amines) is 1. The number of carbonyl (C=O) groups excluding carboxylic acids is 3. The molecular formula is C15H18N4O3. The maximum absolute atomic E-state index is 12.3. The lowest BCUT2D eigenvalue weighted by Gasteiger charge is -2.18. The summed E-state index contributed by atoms with van der Waals surface area (Å²) in [4.78, 5) is 39.0. The van der Waals surface area contributed by atoms with Crippen molar-refractivity contribution in [3.05, 3.63) is 29.7 Å². The van der Waals surface area contributed by atoms with Crippen LogP contribution in [0.15, 0.2) is 24.0 Å². The minimum Gasteiger partial charge on any atom is -0.351 e. The lowest BCUT2D eigenvalue weighted by molar-refractivity contribution is -0.135. The Balaban J connectivity index is 1.73. The van der Waals surface area contributed by atoms with Gasteiger partial charge in [0.25, 0.3) is 5.91 Å². The molecule has 1 aromatic heterocycles. The number of nitrogens with one attached hydrogen (secondary N) is 1. The molecule has 7 nitrogen and oxygen atoms in total. The first-order valence-electron chi connectivity index (χ1n) is 7.30. The Morgan fingerprint density at radius 2 is 2.05 bits per heavy atom. The number of hydrogen-bond acceptors (Lipinski definition) is 3. The van der Waals surface area contributed by atoms with Gasteiger partial charge in [-0.1, -0.05) is 0 Å². The lowest BCUT2D eigenvalue weighted by Crippen LogP contribution is -2.42. The first-order valence-corrected chi connectivity index (χ1v) is 7.30. The van der Waals surface area contributed by atoms with Gasteiger partial charge in [-0.25, -0.2) is 9.69 Å². The predicted molar refractivity (Wildman–Crippen MR) is 79.4 cm³/mol. The number of imide groups is 1. The molecular weight excluding hydrogens is 284 g/mol. The van der Waals surface area contributed by atoms with Crippen molar-refractivity contribution in [1.82, 2.24) is 19.7 Å². The van der Waals surface area contributed by atoms with Crippen LogP contribution < -0.4 is 5.32 Å². The monoisotopic (exact) mass is 302 g/mol. The van der Waals surface area contributed by atoms with E-state index < -0.39 is 11.9 Å². The molecule has 2 aliphatic heterocycles. The molecule has 0 bridgehead atoms. The topological polar surface area (TPSA) is 74.7 Å². The predicted octanol–water partition coefficient (Wildman–Crippen LogP) is 0.540. The van der Waals surface area contributed by atoms with Crippen molar-refractivity contribution in [2.45, 2.75) is 12.8 Å². The van der Waals surface area contributed by atoms with E-state index in [2.05, 4.69) is 5.32 Å². The fourth-order valence-electron chi connectivity index (χ4n) is 2.69. The summed E-state index contributed by atoms with van der Waals surface area (Å²) in [6.07, 6.45) is 5.41. The van der Waals surface area contributed by atoms with Gasteiger partial charge in [-0.15, -0.1) is 0 Å². The number of amides is 4. The van der Waals surface area contributed by atoms with Gasteiger partial charge in [0.2, 0.25) is 5.91 Å². The summed E-state index contributed by atoms with van der Waals surface area (Å²) in [7, 11) is 1.85. The first kappa shape index (κ1) is 14.4. The third-order valence-corrected chi connectivity index (χ3v) is 3.99. The van der Waals surface area contributed by atoms with E-state index in [-0.39, 0.29) is 18.1 Å². The molecule has 0 atom stereocenters. The van der Waals surface area contributed by atoms with E-state index in [9.17, 15) is 14.4 Å². The quantitative estimate of drug-likeness (QED) is 0.654. The van der Waals surface area contributed by atoms with Crippen LogP contribution in [0.4, 0.5) is 4.79 Å². The lowest BCUT2D eigenvalue weighted by atomic mass is 10.3. The molecule has 0 aromatic carbocycles. The fourth-order valence-corrected chi connectivity index (χ4v) is 2.69. The number of rotatable bonds is 3. The second kappa shape index (κ2) is 5.67. The number of carbonyl (C=O) groups is 3. The van der Waals surface area contributed by atoms with Crippen molar-refractivity contribution in [3.8, 4) is 0 Å². The Labute approximate surface area is 128 Å². The van der Waals surface area contributed by atoms with E-state index in [1.165, 1.54) is 0 Å². The van der Waals surface area contributed by atoms with Crippen molar-refractivity contribution in [2.75, 3.05) is 19.6 Å². The summed E-state index contributed by atoms with van der Waals surface area (Å²) in [5.41, 5.74) is 0.998. The molecule has 0 unspecified atom stereocenters. The second-order valence-corrected chi connectivity index (χ2v) is 5.51. The molecule has 22 heavy (non-hydrogen) atoms. The molecule has 0 radical (unpaired) electrons. The summed E-state index contributed by atoms with van der Waals surface area (Å²) >= 11 is 0. The second-order valence-electron chi connectivity index (χ2n) is 5.51. The average molecular weight is 302 g/mol. The van der Waals surface area contributed by atoms with Crippen LogP contribution in [0.1, 0.15) is 18.5 Å². The van der Waals surface area contributed by atoms with Crippen molar-refractivity contribution >= 4 is 23.9 Å². The van der Waals surface area contributed by atoms with E-state index in [1.807, 2.05) is 29.9 Å². The van der Waals surface area contributed by atoms with Gasteiger partial charge in [0.1, 0.15) is 12.2 Å². The van der Waals surface area contributed by atoms with Gasteiger partial charge < -0.3 is 14.8 Å². The van der Waals surface area contributed by atoms with Gasteiger partial charge in [0.15, 0.2) is 0 Å². The Bertz CT molecular complexity index is 655. The molecule has 2 aliphatic rings. The Morgan fingerprint density at radius 3 is 2.68 bits per heavy atom. The van der Waals surface area contributed by atoms with Crippen LogP contribution in [-0.2, 0) is 16.6 Å². The largest absolute Gasteiger partial charge is 0.351 e. The van der Waals surface area contributed by atoms with Gasteiger partial charge >= 0.3 is 6.03 Å². The Hall–Kier alpha value is -2.57. The van der Waals surface area contributed by atoms with Crippen molar-refractivity contribution < 1.29 is 14.4 Å². The standard InChI is InChI=1S/C15H18N4O3/c1-17-6-4-5-11(17)9-12-14(21)19(15(22)16-12)10-13(20)18-7-2-3-8-18/h4-6,9H,2-3,7-8,10H2,1H3,(H,16,22). The maximum Gasteiger partial charge on any atom is 0.329 e. The van der Waals surface area contributed by atoms with Crippen LogP contribution in [0.3, 0.4) is 0 Å². The Morgan fingerprint density at radius 1 is 1.32 bits per heavy atom. The zero-order valence-electron chi connectivity index (χ0n) is 12.4. The molecule has 7 heteroatoms. The highest BCUT2D eigenvalue weighted by atomic mass is 16.2. The molecule has 1 aromatic rings. The van der Waals surface area contributed by atoms with Crippen LogP contribution in [0.2, 0.25) is 0 Å². The third-order valence-electron chi connectivity index (χ3n) is 3.99. The number of aryl methyl sites for hydroxylation is 1. The smallest absolute Gasteiger partial charge is 0.329 e. The van der Waals surface area contributed by atoms with Gasteiger partial charge in [-0.2, -0.15) is 0 Å². The molecule has 3 rings (SSSR count). The van der Waals surface area contributed by atoms with Crippen molar-refractivity contribution in [3.63, 3.8) is 0 Å². The van der Waals surface area contributed by atoms with Gasteiger partial charge in [0.05, 0.1) is 0 Å².